The minimum atomic E-state index is -0.134. The van der Waals surface area contributed by atoms with Gasteiger partial charge in [0.1, 0.15) is 4.47 Å². The highest BCUT2D eigenvalue weighted by Crippen LogP contribution is 2.36. The first-order chi connectivity index (χ1) is 6.41. The van der Waals surface area contributed by atoms with Gasteiger partial charge in [0.2, 0.25) is 5.88 Å². The molecular weight excluding hydrogens is 248 g/mol. The van der Waals surface area contributed by atoms with E-state index in [0.29, 0.717) is 11.8 Å². The van der Waals surface area contributed by atoms with Crippen LogP contribution in [0.1, 0.15) is 20.8 Å². The zero-order valence-electron chi connectivity index (χ0n) is 9.09. The summed E-state index contributed by atoms with van der Waals surface area (Å²) in [6.45, 7) is 6.15. The first-order valence-corrected chi connectivity index (χ1v) is 5.08. The largest absolute Gasteiger partial charge is 0.480 e. The SMILES string of the molecule is COc1nn(C(C)(C)C)c(OC)c1Br. The normalized spacial score (nSPS) is 11.6. The summed E-state index contributed by atoms with van der Waals surface area (Å²) in [5, 5.41) is 4.29. The van der Waals surface area contributed by atoms with Crippen molar-refractivity contribution in [2.24, 2.45) is 0 Å². The summed E-state index contributed by atoms with van der Waals surface area (Å²) in [5.74, 6) is 1.21. The van der Waals surface area contributed by atoms with E-state index in [1.807, 2.05) is 0 Å². The summed E-state index contributed by atoms with van der Waals surface area (Å²) < 4.78 is 12.9. The molecule has 0 N–H and O–H groups in total. The van der Waals surface area contributed by atoms with E-state index in [4.69, 9.17) is 9.47 Å². The number of hydrogen-bond acceptors (Lipinski definition) is 3. The smallest absolute Gasteiger partial charge is 0.251 e. The van der Waals surface area contributed by atoms with Crippen LogP contribution in [0.3, 0.4) is 0 Å². The Balaban J connectivity index is 3.30. The van der Waals surface area contributed by atoms with E-state index in [1.54, 1.807) is 18.9 Å². The monoisotopic (exact) mass is 262 g/mol. The molecule has 0 unspecified atom stereocenters. The van der Waals surface area contributed by atoms with Crippen LogP contribution in [0, 0.1) is 0 Å². The van der Waals surface area contributed by atoms with Crippen LogP contribution in [0.2, 0.25) is 0 Å². The third-order valence-corrected chi connectivity index (χ3v) is 2.46. The van der Waals surface area contributed by atoms with E-state index in [0.717, 1.165) is 4.47 Å². The Hall–Kier alpha value is -0.710. The molecule has 0 amide bonds. The Morgan fingerprint density at radius 2 is 1.79 bits per heavy atom. The van der Waals surface area contributed by atoms with Crippen molar-refractivity contribution in [3.63, 3.8) is 0 Å². The van der Waals surface area contributed by atoms with E-state index in [1.165, 1.54) is 0 Å². The predicted octanol–water partition coefficient (Wildman–Crippen LogP) is 2.42. The van der Waals surface area contributed by atoms with Crippen LogP contribution in [0.25, 0.3) is 0 Å². The lowest BCUT2D eigenvalue weighted by Crippen LogP contribution is -2.23. The summed E-state index contributed by atoms with van der Waals surface area (Å²) in [7, 11) is 3.20. The van der Waals surface area contributed by atoms with Gasteiger partial charge < -0.3 is 9.47 Å². The molecule has 1 aromatic heterocycles. The minimum absolute atomic E-state index is 0.134. The molecule has 0 radical (unpaired) electrons. The van der Waals surface area contributed by atoms with Gasteiger partial charge in [-0.25, -0.2) is 4.68 Å². The topological polar surface area (TPSA) is 36.3 Å². The van der Waals surface area contributed by atoms with Crippen molar-refractivity contribution in [2.45, 2.75) is 26.3 Å². The Kier molecular flexibility index (Phi) is 3.09. The Labute approximate surface area is 92.3 Å². The fourth-order valence-corrected chi connectivity index (χ4v) is 1.70. The number of hydrogen-bond donors (Lipinski definition) is 0. The maximum Gasteiger partial charge on any atom is 0.251 e. The van der Waals surface area contributed by atoms with Crippen molar-refractivity contribution in [3.8, 4) is 11.8 Å². The molecule has 80 valence electrons. The Morgan fingerprint density at radius 3 is 2.07 bits per heavy atom. The quantitative estimate of drug-likeness (QED) is 0.822. The number of methoxy groups -OCH3 is 2. The van der Waals surface area contributed by atoms with Crippen LogP contribution in [0.4, 0.5) is 0 Å². The van der Waals surface area contributed by atoms with Gasteiger partial charge in [-0.15, -0.1) is 5.10 Å². The van der Waals surface area contributed by atoms with Crippen molar-refractivity contribution in [1.29, 1.82) is 0 Å². The molecule has 0 aromatic carbocycles. The van der Waals surface area contributed by atoms with Crippen LogP contribution in [-0.4, -0.2) is 24.0 Å². The molecule has 4 nitrogen and oxygen atoms in total. The second-order valence-corrected chi connectivity index (χ2v) is 4.71. The van der Waals surface area contributed by atoms with Gasteiger partial charge in [-0.3, -0.25) is 0 Å². The molecule has 1 rings (SSSR count). The second kappa shape index (κ2) is 3.81. The molecular formula is C9H15BrN2O2. The Bertz CT molecular complexity index is 328. The lowest BCUT2D eigenvalue weighted by molar-refractivity contribution is 0.276. The van der Waals surface area contributed by atoms with Crippen LogP contribution < -0.4 is 9.47 Å². The van der Waals surface area contributed by atoms with Crippen molar-refractivity contribution < 1.29 is 9.47 Å². The lowest BCUT2D eigenvalue weighted by atomic mass is 10.1. The molecule has 1 aromatic rings. The van der Waals surface area contributed by atoms with Gasteiger partial charge in [-0.1, -0.05) is 0 Å². The van der Waals surface area contributed by atoms with Gasteiger partial charge in [0.25, 0.3) is 5.88 Å². The van der Waals surface area contributed by atoms with E-state index in [-0.39, 0.29) is 5.54 Å². The standard InChI is InChI=1S/C9H15BrN2O2/c1-9(2,3)12-8(14-5)6(10)7(11-12)13-4/h1-5H3. The number of nitrogens with zero attached hydrogens (tertiary/aromatic N) is 2. The Morgan fingerprint density at radius 1 is 1.21 bits per heavy atom. The molecule has 0 aliphatic carbocycles. The van der Waals surface area contributed by atoms with Crippen LogP contribution in [0.5, 0.6) is 11.8 Å². The van der Waals surface area contributed by atoms with Gasteiger partial charge in [0, 0.05) is 0 Å². The molecule has 0 saturated heterocycles. The van der Waals surface area contributed by atoms with Gasteiger partial charge in [0.15, 0.2) is 0 Å². The average Bonchev–Trinajstić information content (AvgIpc) is 2.41. The summed E-state index contributed by atoms with van der Waals surface area (Å²) in [4.78, 5) is 0. The molecule has 5 heteroatoms. The number of aromatic nitrogens is 2. The zero-order valence-corrected chi connectivity index (χ0v) is 10.7. The highest BCUT2D eigenvalue weighted by atomic mass is 79.9. The first kappa shape index (κ1) is 11.4. The van der Waals surface area contributed by atoms with Gasteiger partial charge in [0.05, 0.1) is 19.8 Å². The summed E-state index contributed by atoms with van der Waals surface area (Å²) >= 11 is 3.38. The highest BCUT2D eigenvalue weighted by Gasteiger charge is 2.25. The third-order valence-electron chi connectivity index (χ3n) is 1.78. The van der Waals surface area contributed by atoms with Gasteiger partial charge in [-0.2, -0.15) is 0 Å². The average molecular weight is 263 g/mol. The van der Waals surface area contributed by atoms with Crippen molar-refractivity contribution in [3.05, 3.63) is 4.47 Å². The molecule has 0 fully saturated rings. The number of ether oxygens (including phenoxy) is 2. The summed E-state index contributed by atoms with van der Waals surface area (Å²) in [6, 6.07) is 0. The molecule has 0 aliphatic heterocycles. The van der Waals surface area contributed by atoms with Gasteiger partial charge in [-0.05, 0) is 36.7 Å². The maximum absolute atomic E-state index is 5.26. The zero-order chi connectivity index (χ0) is 10.9. The lowest BCUT2D eigenvalue weighted by Gasteiger charge is -2.20. The van der Waals surface area contributed by atoms with Crippen molar-refractivity contribution >= 4 is 15.9 Å². The number of halogens is 1. The van der Waals surface area contributed by atoms with E-state index >= 15 is 0 Å². The summed E-state index contributed by atoms with van der Waals surface area (Å²) in [6.07, 6.45) is 0. The van der Waals surface area contributed by atoms with Gasteiger partial charge >= 0.3 is 0 Å². The van der Waals surface area contributed by atoms with E-state index in [9.17, 15) is 0 Å². The maximum atomic E-state index is 5.26. The van der Waals surface area contributed by atoms with E-state index in [2.05, 4.69) is 41.8 Å². The molecule has 0 bridgehead atoms. The first-order valence-electron chi connectivity index (χ1n) is 4.28. The summed E-state index contributed by atoms with van der Waals surface area (Å²) in [5.41, 5.74) is -0.134. The van der Waals surface area contributed by atoms with Crippen molar-refractivity contribution in [1.82, 2.24) is 9.78 Å². The highest BCUT2D eigenvalue weighted by molar-refractivity contribution is 9.10. The minimum Gasteiger partial charge on any atom is -0.480 e. The predicted molar refractivity (Wildman–Crippen MR) is 58.0 cm³/mol. The molecule has 14 heavy (non-hydrogen) atoms. The number of rotatable bonds is 2. The fourth-order valence-electron chi connectivity index (χ4n) is 1.13. The molecule has 1 heterocycles. The molecule has 0 saturated carbocycles. The molecule has 0 aliphatic rings. The third kappa shape index (κ3) is 1.87. The van der Waals surface area contributed by atoms with Crippen molar-refractivity contribution in [2.75, 3.05) is 14.2 Å². The molecule has 0 spiro atoms. The van der Waals surface area contributed by atoms with Crippen LogP contribution >= 0.6 is 15.9 Å². The van der Waals surface area contributed by atoms with Crippen LogP contribution in [-0.2, 0) is 5.54 Å². The van der Waals surface area contributed by atoms with Crippen LogP contribution in [0.15, 0.2) is 4.47 Å². The molecule has 0 atom stereocenters. The fraction of sp³-hybridized carbons (Fsp3) is 0.667. The van der Waals surface area contributed by atoms with E-state index < -0.39 is 0 Å². The second-order valence-electron chi connectivity index (χ2n) is 3.92.